The molecule has 0 fully saturated rings. The van der Waals surface area contributed by atoms with Crippen molar-refractivity contribution >= 4 is 11.9 Å². The minimum atomic E-state index is -1.05. The van der Waals surface area contributed by atoms with Crippen LogP contribution in [-0.2, 0) is 4.74 Å². The summed E-state index contributed by atoms with van der Waals surface area (Å²) in [6.45, 7) is 2.81. The van der Waals surface area contributed by atoms with Crippen LogP contribution in [0.1, 0.15) is 20.7 Å². The maximum Gasteiger partial charge on any atom is 0.338 e. The number of allylic oxidation sites excluding steroid dienone is 1. The summed E-state index contributed by atoms with van der Waals surface area (Å²) in [5, 5.41) is 24.5. The van der Waals surface area contributed by atoms with Gasteiger partial charge < -0.3 is 14.9 Å². The minimum Gasteiger partial charge on any atom is -0.478 e. The number of carboxylic acid groups (broad SMARTS) is 1. The topological polar surface area (TPSA) is 108 Å². The molecule has 0 saturated heterocycles. The average Bonchev–Trinajstić information content (AvgIpc) is 2.45. The van der Waals surface area contributed by atoms with Crippen molar-refractivity contribution in [3.05, 3.63) is 48.0 Å². The summed E-state index contributed by atoms with van der Waals surface area (Å²) in [5.74, 6) is -1.63. The molecule has 1 aromatic rings. The minimum absolute atomic E-state index is 0.0699. The maximum atomic E-state index is 11.2. The van der Waals surface area contributed by atoms with E-state index in [0.717, 1.165) is 0 Å². The summed E-state index contributed by atoms with van der Waals surface area (Å²) in [6, 6.07) is 7.06. The van der Waals surface area contributed by atoms with E-state index in [2.05, 4.69) is 11.3 Å². The van der Waals surface area contributed by atoms with E-state index in [4.69, 9.17) is 15.5 Å². The number of hydrogen-bond donors (Lipinski definition) is 2. The van der Waals surface area contributed by atoms with Gasteiger partial charge in [0.05, 0.1) is 23.8 Å². The molecule has 0 aliphatic heterocycles. The molecule has 0 radical (unpaired) electrons. The lowest BCUT2D eigenvalue weighted by Gasteiger charge is -2.02. The number of esters is 1. The number of aromatic carboxylic acids is 1. The van der Waals surface area contributed by atoms with Gasteiger partial charge in [-0.2, -0.15) is 5.26 Å². The number of ether oxygens (including phenoxy) is 1. The third kappa shape index (κ3) is 6.61. The highest BCUT2D eigenvalue weighted by Gasteiger charge is 2.08. The van der Waals surface area contributed by atoms with Gasteiger partial charge in [0.25, 0.3) is 0 Å². The molecular formula is C13H13NO5. The van der Waals surface area contributed by atoms with Crippen LogP contribution in [0.2, 0.25) is 0 Å². The van der Waals surface area contributed by atoms with Crippen LogP contribution in [0.5, 0.6) is 0 Å². The van der Waals surface area contributed by atoms with Gasteiger partial charge in [-0.25, -0.2) is 9.59 Å². The SMILES string of the molecule is C=CC#N.O=C(O)c1ccc(C(=O)OCCO)cc1. The van der Waals surface area contributed by atoms with Crippen LogP contribution in [0.3, 0.4) is 0 Å². The molecule has 19 heavy (non-hydrogen) atoms. The Bertz CT molecular complexity index is 473. The number of carbonyl (C=O) groups is 2. The Labute approximate surface area is 110 Å². The molecule has 0 aromatic heterocycles. The van der Waals surface area contributed by atoms with Crippen LogP contribution in [-0.4, -0.2) is 35.4 Å². The van der Waals surface area contributed by atoms with Gasteiger partial charge in [0.2, 0.25) is 0 Å². The molecule has 0 atom stereocenters. The van der Waals surface area contributed by atoms with E-state index in [0.29, 0.717) is 0 Å². The van der Waals surface area contributed by atoms with E-state index in [-0.39, 0.29) is 24.3 Å². The standard InChI is InChI=1S/C10H10O5.C3H3N/c11-5-6-15-10(14)8-3-1-7(2-4-8)9(12)13;1-2-3-4/h1-4,11H,5-6H2,(H,12,13);2H,1H2. The Balaban J connectivity index is 0.000000711. The Hall–Kier alpha value is -2.65. The Morgan fingerprint density at radius 1 is 1.32 bits per heavy atom. The fraction of sp³-hybridized carbons (Fsp3) is 0.154. The van der Waals surface area contributed by atoms with Gasteiger partial charge in [0.15, 0.2) is 0 Å². The quantitative estimate of drug-likeness (QED) is 0.624. The molecule has 0 bridgehead atoms. The first-order chi connectivity index (χ1) is 9.06. The molecule has 6 heteroatoms. The lowest BCUT2D eigenvalue weighted by atomic mass is 10.1. The first-order valence-electron chi connectivity index (χ1n) is 5.18. The molecule has 0 saturated carbocycles. The Morgan fingerprint density at radius 3 is 2.16 bits per heavy atom. The maximum absolute atomic E-state index is 11.2. The molecular weight excluding hydrogens is 250 g/mol. The number of nitriles is 1. The number of carbonyl (C=O) groups excluding carboxylic acids is 1. The summed E-state index contributed by atoms with van der Waals surface area (Å²) in [4.78, 5) is 21.7. The molecule has 0 aliphatic carbocycles. The summed E-state index contributed by atoms with van der Waals surface area (Å²) < 4.78 is 4.64. The highest BCUT2D eigenvalue weighted by Crippen LogP contribution is 2.05. The number of carboxylic acids is 1. The smallest absolute Gasteiger partial charge is 0.338 e. The molecule has 0 heterocycles. The number of aliphatic hydroxyl groups excluding tert-OH is 1. The molecule has 0 spiro atoms. The van der Waals surface area contributed by atoms with Crippen molar-refractivity contribution in [1.29, 1.82) is 5.26 Å². The Morgan fingerprint density at radius 2 is 1.79 bits per heavy atom. The zero-order valence-electron chi connectivity index (χ0n) is 10.1. The fourth-order valence-electron chi connectivity index (χ4n) is 0.971. The highest BCUT2D eigenvalue weighted by atomic mass is 16.5. The van der Waals surface area contributed by atoms with E-state index in [1.165, 1.54) is 30.3 Å². The first-order valence-corrected chi connectivity index (χ1v) is 5.18. The first kappa shape index (κ1) is 16.4. The van der Waals surface area contributed by atoms with Crippen LogP contribution in [0, 0.1) is 11.3 Å². The summed E-state index contributed by atoms with van der Waals surface area (Å²) in [6.07, 6.45) is 1.18. The predicted molar refractivity (Wildman–Crippen MR) is 66.6 cm³/mol. The summed E-state index contributed by atoms with van der Waals surface area (Å²) >= 11 is 0. The van der Waals surface area contributed by atoms with Gasteiger partial charge in [-0.15, -0.1) is 0 Å². The number of aliphatic hydroxyl groups is 1. The summed E-state index contributed by atoms with van der Waals surface area (Å²) in [7, 11) is 0. The summed E-state index contributed by atoms with van der Waals surface area (Å²) in [5.41, 5.74) is 0.363. The van der Waals surface area contributed by atoms with Gasteiger partial charge in [-0.3, -0.25) is 0 Å². The number of hydrogen-bond acceptors (Lipinski definition) is 5. The second-order valence-corrected chi connectivity index (χ2v) is 3.08. The van der Waals surface area contributed by atoms with Crippen LogP contribution in [0.15, 0.2) is 36.9 Å². The normalized spacial score (nSPS) is 8.42. The van der Waals surface area contributed by atoms with Gasteiger partial charge in [-0.05, 0) is 24.3 Å². The second-order valence-electron chi connectivity index (χ2n) is 3.08. The number of benzene rings is 1. The van der Waals surface area contributed by atoms with Crippen LogP contribution < -0.4 is 0 Å². The molecule has 0 amide bonds. The van der Waals surface area contributed by atoms with Crippen LogP contribution in [0.4, 0.5) is 0 Å². The van der Waals surface area contributed by atoms with Crippen molar-refractivity contribution in [3.63, 3.8) is 0 Å². The molecule has 1 aromatic carbocycles. The van der Waals surface area contributed by atoms with Crippen molar-refractivity contribution < 1.29 is 24.5 Å². The lowest BCUT2D eigenvalue weighted by molar-refractivity contribution is 0.0433. The van der Waals surface area contributed by atoms with E-state index < -0.39 is 11.9 Å². The predicted octanol–water partition coefficient (Wildman–Crippen LogP) is 1.23. The van der Waals surface area contributed by atoms with Crippen molar-refractivity contribution in [3.8, 4) is 6.07 Å². The van der Waals surface area contributed by atoms with Crippen molar-refractivity contribution in [1.82, 2.24) is 0 Å². The molecule has 100 valence electrons. The van der Waals surface area contributed by atoms with Crippen LogP contribution >= 0.6 is 0 Å². The van der Waals surface area contributed by atoms with Crippen molar-refractivity contribution in [2.24, 2.45) is 0 Å². The van der Waals surface area contributed by atoms with E-state index in [9.17, 15) is 9.59 Å². The van der Waals surface area contributed by atoms with Crippen LogP contribution in [0.25, 0.3) is 0 Å². The van der Waals surface area contributed by atoms with Gasteiger partial charge in [0, 0.05) is 6.08 Å². The molecule has 2 N–H and O–H groups in total. The van der Waals surface area contributed by atoms with Crippen molar-refractivity contribution in [2.75, 3.05) is 13.2 Å². The zero-order chi connectivity index (χ0) is 14.7. The third-order valence-electron chi connectivity index (χ3n) is 1.78. The number of nitrogens with zero attached hydrogens (tertiary/aromatic N) is 1. The highest BCUT2D eigenvalue weighted by molar-refractivity contribution is 5.92. The molecule has 0 unspecified atom stereocenters. The molecule has 0 aliphatic rings. The molecule has 6 nitrogen and oxygen atoms in total. The van der Waals surface area contributed by atoms with Gasteiger partial charge >= 0.3 is 11.9 Å². The second kappa shape index (κ2) is 9.39. The molecule has 1 rings (SSSR count). The van der Waals surface area contributed by atoms with Gasteiger partial charge in [-0.1, -0.05) is 6.58 Å². The van der Waals surface area contributed by atoms with Crippen molar-refractivity contribution in [2.45, 2.75) is 0 Å². The lowest BCUT2D eigenvalue weighted by Crippen LogP contribution is -2.09. The van der Waals surface area contributed by atoms with E-state index >= 15 is 0 Å². The van der Waals surface area contributed by atoms with E-state index in [1.54, 1.807) is 6.07 Å². The Kier molecular flexibility index (Phi) is 8.08. The zero-order valence-corrected chi connectivity index (χ0v) is 10.1. The largest absolute Gasteiger partial charge is 0.478 e. The fourth-order valence-corrected chi connectivity index (χ4v) is 0.971. The third-order valence-corrected chi connectivity index (χ3v) is 1.78. The van der Waals surface area contributed by atoms with Gasteiger partial charge in [0.1, 0.15) is 6.61 Å². The monoisotopic (exact) mass is 263 g/mol. The van der Waals surface area contributed by atoms with E-state index in [1.807, 2.05) is 0 Å². The average molecular weight is 263 g/mol. The number of rotatable bonds is 4.